The second-order valence-electron chi connectivity index (χ2n) is 8.43. The summed E-state index contributed by atoms with van der Waals surface area (Å²) in [7, 11) is 0. The normalized spacial score (nSPS) is 15.5. The summed E-state index contributed by atoms with van der Waals surface area (Å²) in [5.74, 6) is 0.940. The van der Waals surface area contributed by atoms with Gasteiger partial charge in [-0.3, -0.25) is 4.90 Å². The lowest BCUT2D eigenvalue weighted by atomic mass is 9.97. The highest BCUT2D eigenvalue weighted by Gasteiger charge is 2.18. The standard InChI is InChI=1S/C26H26FN3O/c27-23-8-9-24-25(15-23)29-26(28-24)21-6-4-20(5-7-21)22-3-1-2-19(14-22)16-30-12-10-18(17-31)11-13-30/h1-9,14-15,18,31H,10-13,16-17H2,(H,28,29). The largest absolute Gasteiger partial charge is 0.396 e. The number of aromatic amines is 1. The van der Waals surface area contributed by atoms with Crippen molar-refractivity contribution >= 4 is 11.0 Å². The van der Waals surface area contributed by atoms with Gasteiger partial charge in [0.25, 0.3) is 0 Å². The molecular weight excluding hydrogens is 389 g/mol. The molecule has 0 bridgehead atoms. The molecule has 31 heavy (non-hydrogen) atoms. The van der Waals surface area contributed by atoms with Crippen LogP contribution in [0.15, 0.2) is 66.7 Å². The van der Waals surface area contributed by atoms with E-state index in [0.717, 1.165) is 54.9 Å². The number of nitrogens with one attached hydrogen (secondary N) is 1. The van der Waals surface area contributed by atoms with Crippen molar-refractivity contribution in [3.05, 3.63) is 78.1 Å². The topological polar surface area (TPSA) is 52.1 Å². The van der Waals surface area contributed by atoms with Crippen LogP contribution in [0.5, 0.6) is 0 Å². The fourth-order valence-electron chi connectivity index (χ4n) is 4.37. The van der Waals surface area contributed by atoms with Gasteiger partial charge < -0.3 is 10.1 Å². The maximum Gasteiger partial charge on any atom is 0.138 e. The minimum absolute atomic E-state index is 0.268. The first-order valence-corrected chi connectivity index (χ1v) is 10.9. The van der Waals surface area contributed by atoms with Gasteiger partial charge >= 0.3 is 0 Å². The molecule has 4 nitrogen and oxygen atoms in total. The summed E-state index contributed by atoms with van der Waals surface area (Å²) in [5.41, 5.74) is 6.10. The van der Waals surface area contributed by atoms with Gasteiger partial charge in [0, 0.05) is 18.7 Å². The van der Waals surface area contributed by atoms with Crippen molar-refractivity contribution in [2.45, 2.75) is 19.4 Å². The Labute approximate surface area is 181 Å². The van der Waals surface area contributed by atoms with E-state index in [4.69, 9.17) is 0 Å². The van der Waals surface area contributed by atoms with Crippen LogP contribution in [-0.2, 0) is 6.54 Å². The number of nitrogens with zero attached hydrogens (tertiary/aromatic N) is 2. The number of aromatic nitrogens is 2. The third-order valence-electron chi connectivity index (χ3n) is 6.23. The van der Waals surface area contributed by atoms with Crippen molar-refractivity contribution in [1.82, 2.24) is 14.9 Å². The predicted octanol–water partition coefficient (Wildman–Crippen LogP) is 5.24. The van der Waals surface area contributed by atoms with Gasteiger partial charge in [-0.05, 0) is 72.8 Å². The third-order valence-corrected chi connectivity index (χ3v) is 6.23. The van der Waals surface area contributed by atoms with Gasteiger partial charge in [-0.1, -0.05) is 42.5 Å². The van der Waals surface area contributed by atoms with Gasteiger partial charge in [0.15, 0.2) is 0 Å². The number of piperidine rings is 1. The molecule has 4 aromatic rings. The van der Waals surface area contributed by atoms with E-state index >= 15 is 0 Å². The van der Waals surface area contributed by atoms with Crippen molar-refractivity contribution in [2.24, 2.45) is 5.92 Å². The highest BCUT2D eigenvalue weighted by molar-refractivity contribution is 5.80. The Hall–Kier alpha value is -3.02. The van der Waals surface area contributed by atoms with E-state index in [0.29, 0.717) is 18.0 Å². The van der Waals surface area contributed by atoms with E-state index < -0.39 is 0 Å². The van der Waals surface area contributed by atoms with Crippen LogP contribution in [-0.4, -0.2) is 39.7 Å². The van der Waals surface area contributed by atoms with Gasteiger partial charge in [0.2, 0.25) is 0 Å². The fraction of sp³-hybridized carbons (Fsp3) is 0.269. The van der Waals surface area contributed by atoms with Crippen LogP contribution in [0.4, 0.5) is 4.39 Å². The van der Waals surface area contributed by atoms with E-state index in [2.05, 4.69) is 63.4 Å². The van der Waals surface area contributed by atoms with Gasteiger partial charge in [-0.2, -0.15) is 0 Å². The molecule has 0 aliphatic carbocycles. The molecule has 2 heterocycles. The zero-order valence-electron chi connectivity index (χ0n) is 17.4. The second kappa shape index (κ2) is 8.61. The molecule has 1 aliphatic heterocycles. The average Bonchev–Trinajstić information content (AvgIpc) is 3.23. The van der Waals surface area contributed by atoms with E-state index in [-0.39, 0.29) is 5.82 Å². The van der Waals surface area contributed by atoms with E-state index in [9.17, 15) is 9.50 Å². The Morgan fingerprint density at radius 3 is 2.48 bits per heavy atom. The molecule has 0 atom stereocenters. The van der Waals surface area contributed by atoms with Crippen molar-refractivity contribution in [3.8, 4) is 22.5 Å². The van der Waals surface area contributed by atoms with E-state index in [1.165, 1.54) is 23.3 Å². The van der Waals surface area contributed by atoms with Crippen LogP contribution < -0.4 is 0 Å². The first-order valence-electron chi connectivity index (χ1n) is 10.9. The Bertz CT molecular complexity index is 1180. The summed E-state index contributed by atoms with van der Waals surface area (Å²) < 4.78 is 13.4. The molecule has 5 heteroatoms. The molecule has 5 rings (SSSR count). The van der Waals surface area contributed by atoms with Crippen molar-refractivity contribution in [3.63, 3.8) is 0 Å². The van der Waals surface area contributed by atoms with Crippen LogP contribution in [0, 0.1) is 11.7 Å². The molecule has 0 unspecified atom stereocenters. The quantitative estimate of drug-likeness (QED) is 0.469. The molecule has 0 saturated carbocycles. The highest BCUT2D eigenvalue weighted by atomic mass is 19.1. The number of imidazole rings is 1. The number of aliphatic hydroxyl groups excluding tert-OH is 1. The lowest BCUT2D eigenvalue weighted by Gasteiger charge is -2.31. The summed E-state index contributed by atoms with van der Waals surface area (Å²) in [5, 5.41) is 9.33. The van der Waals surface area contributed by atoms with Crippen LogP contribution in [0.25, 0.3) is 33.5 Å². The zero-order valence-corrected chi connectivity index (χ0v) is 17.4. The molecule has 0 amide bonds. The lowest BCUT2D eigenvalue weighted by molar-refractivity contribution is 0.127. The molecular formula is C26H26FN3O. The Morgan fingerprint density at radius 1 is 0.935 bits per heavy atom. The number of benzene rings is 3. The molecule has 2 N–H and O–H groups in total. The number of hydrogen-bond donors (Lipinski definition) is 2. The number of halogens is 1. The molecule has 1 fully saturated rings. The predicted molar refractivity (Wildman–Crippen MR) is 122 cm³/mol. The van der Waals surface area contributed by atoms with Crippen LogP contribution in [0.3, 0.4) is 0 Å². The van der Waals surface area contributed by atoms with Crippen molar-refractivity contribution in [2.75, 3.05) is 19.7 Å². The summed E-state index contributed by atoms with van der Waals surface area (Å²) in [6.45, 7) is 3.35. The van der Waals surface area contributed by atoms with Crippen LogP contribution in [0.2, 0.25) is 0 Å². The van der Waals surface area contributed by atoms with Gasteiger partial charge in [-0.25, -0.2) is 9.37 Å². The molecule has 158 valence electrons. The first kappa shape index (κ1) is 19.9. The Kier molecular flexibility index (Phi) is 5.53. The SMILES string of the molecule is OCC1CCN(Cc2cccc(-c3ccc(-c4nc5ccc(F)cc5[nH]4)cc3)c2)CC1. The minimum Gasteiger partial charge on any atom is -0.396 e. The van der Waals surface area contributed by atoms with Crippen molar-refractivity contribution in [1.29, 1.82) is 0 Å². The van der Waals surface area contributed by atoms with E-state index in [1.807, 2.05) is 0 Å². The van der Waals surface area contributed by atoms with Crippen LogP contribution in [0.1, 0.15) is 18.4 Å². The number of hydrogen-bond acceptors (Lipinski definition) is 3. The van der Waals surface area contributed by atoms with E-state index in [1.54, 1.807) is 6.07 Å². The molecule has 0 spiro atoms. The highest BCUT2D eigenvalue weighted by Crippen LogP contribution is 2.27. The summed E-state index contributed by atoms with van der Waals surface area (Å²) >= 11 is 0. The monoisotopic (exact) mass is 415 g/mol. The third kappa shape index (κ3) is 4.38. The number of aliphatic hydroxyl groups is 1. The van der Waals surface area contributed by atoms with Gasteiger partial charge in [-0.15, -0.1) is 0 Å². The average molecular weight is 416 g/mol. The first-order chi connectivity index (χ1) is 15.2. The van der Waals surface area contributed by atoms with Crippen molar-refractivity contribution < 1.29 is 9.50 Å². The number of H-pyrrole nitrogens is 1. The fourth-order valence-corrected chi connectivity index (χ4v) is 4.37. The Morgan fingerprint density at radius 2 is 1.71 bits per heavy atom. The van der Waals surface area contributed by atoms with Crippen LogP contribution >= 0.6 is 0 Å². The molecule has 0 radical (unpaired) electrons. The number of rotatable bonds is 5. The number of likely N-dealkylation sites (tertiary alicyclic amines) is 1. The maximum absolute atomic E-state index is 13.4. The summed E-state index contributed by atoms with van der Waals surface area (Å²) in [6, 6.07) is 21.6. The lowest BCUT2D eigenvalue weighted by Crippen LogP contribution is -2.34. The second-order valence-corrected chi connectivity index (χ2v) is 8.43. The smallest absolute Gasteiger partial charge is 0.138 e. The number of fused-ring (bicyclic) bond motifs is 1. The molecule has 3 aromatic carbocycles. The Balaban J connectivity index is 1.32. The molecule has 1 aromatic heterocycles. The summed E-state index contributed by atoms with van der Waals surface area (Å²) in [4.78, 5) is 10.2. The molecule has 1 aliphatic rings. The van der Waals surface area contributed by atoms with Gasteiger partial charge in [0.1, 0.15) is 11.6 Å². The summed E-state index contributed by atoms with van der Waals surface area (Å²) in [6.07, 6.45) is 2.15. The van der Waals surface area contributed by atoms with Gasteiger partial charge in [0.05, 0.1) is 11.0 Å². The molecule has 1 saturated heterocycles. The minimum atomic E-state index is -0.268. The zero-order chi connectivity index (χ0) is 21.2. The maximum atomic E-state index is 13.4.